The van der Waals surface area contributed by atoms with Crippen LogP contribution in [0.25, 0.3) is 0 Å². The highest BCUT2D eigenvalue weighted by atomic mass is 16.1. The van der Waals surface area contributed by atoms with Gasteiger partial charge in [-0.2, -0.15) is 0 Å². The van der Waals surface area contributed by atoms with E-state index in [-0.39, 0.29) is 0 Å². The summed E-state index contributed by atoms with van der Waals surface area (Å²) in [7, 11) is 0. The number of terminal acetylenes is 1. The van der Waals surface area contributed by atoms with Crippen LogP contribution in [0.1, 0.15) is 0 Å². The minimum absolute atomic E-state index is 0.379. The Labute approximate surface area is 69.2 Å². The molecule has 0 fully saturated rings. The topological polar surface area (TPSA) is 69.8 Å². The van der Waals surface area contributed by atoms with Gasteiger partial charge < -0.3 is 5.43 Å². The van der Waals surface area contributed by atoms with Crippen molar-refractivity contribution in [1.29, 1.82) is 0 Å². The number of hydrogen-bond donors (Lipinski definition) is 3. The van der Waals surface area contributed by atoms with Gasteiger partial charge in [0.2, 0.25) is 0 Å². The van der Waals surface area contributed by atoms with Gasteiger partial charge in [-0.05, 0) is 6.07 Å². The molecule has 0 aliphatic heterocycles. The van der Waals surface area contributed by atoms with E-state index in [4.69, 9.17) is 6.42 Å². The van der Waals surface area contributed by atoms with Crippen LogP contribution >= 0.6 is 0 Å². The predicted octanol–water partition coefficient (Wildman–Crippen LogP) is -0.680. The molecule has 1 rings (SSSR count). The molecule has 1 aromatic heterocycles. The van der Waals surface area contributed by atoms with Gasteiger partial charge in [-0.25, -0.2) is 15.2 Å². The zero-order chi connectivity index (χ0) is 8.81. The molecular formula is C7H8N4O. The smallest absolute Gasteiger partial charge is 0.306 e. The first-order valence-corrected chi connectivity index (χ1v) is 3.30. The molecule has 5 heteroatoms. The van der Waals surface area contributed by atoms with Gasteiger partial charge in [-0.15, -0.1) is 6.42 Å². The van der Waals surface area contributed by atoms with Crippen molar-refractivity contribution in [2.45, 2.75) is 0 Å². The standard InChI is InChI=1S/C7H8N4O/c1-2-4-9-11-6-3-5-8-7(12)10-6/h1,3,5,9H,4H2,(H2,8,10,11,12). The fourth-order valence-electron chi connectivity index (χ4n) is 0.632. The van der Waals surface area contributed by atoms with E-state index < -0.39 is 5.69 Å². The molecule has 0 amide bonds. The van der Waals surface area contributed by atoms with Gasteiger partial charge in [0.15, 0.2) is 0 Å². The molecular weight excluding hydrogens is 156 g/mol. The van der Waals surface area contributed by atoms with Crippen LogP contribution in [0.3, 0.4) is 0 Å². The summed E-state index contributed by atoms with van der Waals surface area (Å²) in [6.45, 7) is 0.379. The molecule has 0 aliphatic rings. The summed E-state index contributed by atoms with van der Waals surface area (Å²) < 4.78 is 0. The van der Waals surface area contributed by atoms with Crippen LogP contribution in [-0.2, 0) is 0 Å². The summed E-state index contributed by atoms with van der Waals surface area (Å²) in [6, 6.07) is 1.62. The molecule has 0 bridgehead atoms. The van der Waals surface area contributed by atoms with Crippen LogP contribution in [0, 0.1) is 12.3 Å². The van der Waals surface area contributed by atoms with Crippen molar-refractivity contribution in [3.63, 3.8) is 0 Å². The lowest BCUT2D eigenvalue weighted by Gasteiger charge is -2.02. The molecule has 1 aromatic rings. The quantitative estimate of drug-likeness (QED) is 0.314. The molecule has 0 unspecified atom stereocenters. The SMILES string of the molecule is C#CCNNc1ccnc(=O)[nH]1. The zero-order valence-electron chi connectivity index (χ0n) is 6.29. The lowest BCUT2D eigenvalue weighted by Crippen LogP contribution is -2.24. The van der Waals surface area contributed by atoms with E-state index in [9.17, 15) is 4.79 Å². The van der Waals surface area contributed by atoms with Crippen molar-refractivity contribution >= 4 is 5.82 Å². The highest BCUT2D eigenvalue weighted by Crippen LogP contribution is 1.91. The molecule has 3 N–H and O–H groups in total. The summed E-state index contributed by atoms with van der Waals surface area (Å²) in [5.41, 5.74) is 4.99. The second-order valence-electron chi connectivity index (χ2n) is 1.97. The lowest BCUT2D eigenvalue weighted by atomic mass is 10.6. The second kappa shape index (κ2) is 4.16. The number of nitrogens with zero attached hydrogens (tertiary/aromatic N) is 1. The third-order valence-electron chi connectivity index (χ3n) is 1.09. The van der Waals surface area contributed by atoms with E-state index in [1.807, 2.05) is 0 Å². The molecule has 12 heavy (non-hydrogen) atoms. The Balaban J connectivity index is 2.53. The Morgan fingerprint density at radius 2 is 2.58 bits per heavy atom. The Hall–Kier alpha value is -1.80. The van der Waals surface area contributed by atoms with Crippen molar-refractivity contribution < 1.29 is 0 Å². The highest BCUT2D eigenvalue weighted by molar-refractivity contribution is 5.29. The lowest BCUT2D eigenvalue weighted by molar-refractivity contribution is 0.889. The molecule has 0 saturated heterocycles. The number of nitrogens with one attached hydrogen (secondary N) is 3. The van der Waals surface area contributed by atoms with Crippen LogP contribution in [0.15, 0.2) is 17.1 Å². The number of anilines is 1. The van der Waals surface area contributed by atoms with E-state index in [0.717, 1.165) is 0 Å². The van der Waals surface area contributed by atoms with E-state index in [1.54, 1.807) is 6.07 Å². The van der Waals surface area contributed by atoms with Crippen LogP contribution in [0.4, 0.5) is 5.82 Å². The summed E-state index contributed by atoms with van der Waals surface area (Å²) in [4.78, 5) is 16.6. The first-order valence-electron chi connectivity index (χ1n) is 3.30. The minimum atomic E-state index is -0.400. The maximum absolute atomic E-state index is 10.6. The van der Waals surface area contributed by atoms with E-state index in [1.165, 1.54) is 6.20 Å². The second-order valence-corrected chi connectivity index (χ2v) is 1.97. The van der Waals surface area contributed by atoms with Gasteiger partial charge in [0.05, 0.1) is 6.54 Å². The van der Waals surface area contributed by atoms with E-state index in [0.29, 0.717) is 12.4 Å². The summed E-state index contributed by atoms with van der Waals surface area (Å²) in [5.74, 6) is 2.90. The third kappa shape index (κ3) is 2.44. The zero-order valence-corrected chi connectivity index (χ0v) is 6.29. The number of hydrazine groups is 1. The van der Waals surface area contributed by atoms with Gasteiger partial charge in [-0.1, -0.05) is 5.92 Å². The number of H-pyrrole nitrogens is 1. The number of hydrogen-bond acceptors (Lipinski definition) is 4. The molecule has 1 heterocycles. The van der Waals surface area contributed by atoms with E-state index >= 15 is 0 Å². The van der Waals surface area contributed by atoms with Crippen molar-refractivity contribution in [3.8, 4) is 12.3 Å². The molecule has 5 nitrogen and oxygen atoms in total. The predicted molar refractivity (Wildman–Crippen MR) is 45.3 cm³/mol. The average Bonchev–Trinajstić information content (AvgIpc) is 2.05. The fraction of sp³-hybridized carbons (Fsp3) is 0.143. The first-order chi connectivity index (χ1) is 5.83. The van der Waals surface area contributed by atoms with Crippen LogP contribution < -0.4 is 16.5 Å². The van der Waals surface area contributed by atoms with Gasteiger partial charge in [-0.3, -0.25) is 4.98 Å². The Kier molecular flexibility index (Phi) is 2.87. The van der Waals surface area contributed by atoms with Gasteiger partial charge in [0, 0.05) is 6.20 Å². The van der Waals surface area contributed by atoms with Gasteiger partial charge >= 0.3 is 5.69 Å². The van der Waals surface area contributed by atoms with Crippen molar-refractivity contribution in [2.75, 3.05) is 12.0 Å². The third-order valence-corrected chi connectivity index (χ3v) is 1.09. The molecule has 0 saturated carbocycles. The maximum Gasteiger partial charge on any atom is 0.346 e. The summed E-state index contributed by atoms with van der Waals surface area (Å²) >= 11 is 0. The first kappa shape index (κ1) is 8.30. The highest BCUT2D eigenvalue weighted by Gasteiger charge is 1.89. The Bertz CT molecular complexity index is 338. The van der Waals surface area contributed by atoms with Crippen LogP contribution in [-0.4, -0.2) is 16.5 Å². The van der Waals surface area contributed by atoms with Crippen molar-refractivity contribution in [1.82, 2.24) is 15.4 Å². The Morgan fingerprint density at radius 1 is 1.75 bits per heavy atom. The van der Waals surface area contributed by atoms with Crippen molar-refractivity contribution in [2.24, 2.45) is 0 Å². The van der Waals surface area contributed by atoms with Crippen molar-refractivity contribution in [3.05, 3.63) is 22.7 Å². The molecule has 0 aromatic carbocycles. The monoisotopic (exact) mass is 164 g/mol. The summed E-state index contributed by atoms with van der Waals surface area (Å²) in [5, 5.41) is 0. The van der Waals surface area contributed by atoms with Crippen LogP contribution in [0.2, 0.25) is 0 Å². The van der Waals surface area contributed by atoms with Gasteiger partial charge in [0.1, 0.15) is 5.82 Å². The maximum atomic E-state index is 10.6. The molecule has 0 atom stereocenters. The average molecular weight is 164 g/mol. The van der Waals surface area contributed by atoms with Gasteiger partial charge in [0.25, 0.3) is 0 Å². The summed E-state index contributed by atoms with van der Waals surface area (Å²) in [6.07, 6.45) is 6.39. The fourth-order valence-corrected chi connectivity index (χ4v) is 0.632. The molecule has 62 valence electrons. The molecule has 0 aliphatic carbocycles. The normalized spacial score (nSPS) is 8.92. The minimum Gasteiger partial charge on any atom is -0.306 e. The number of rotatable bonds is 3. The molecule has 0 radical (unpaired) electrons. The number of aromatic amines is 1. The van der Waals surface area contributed by atoms with E-state index in [2.05, 4.69) is 26.7 Å². The number of aromatic nitrogens is 2. The Morgan fingerprint density at radius 3 is 3.25 bits per heavy atom. The largest absolute Gasteiger partial charge is 0.346 e. The molecule has 0 spiro atoms. The van der Waals surface area contributed by atoms with Crippen LogP contribution in [0.5, 0.6) is 0 Å².